The van der Waals surface area contributed by atoms with E-state index in [2.05, 4.69) is 4.90 Å². The van der Waals surface area contributed by atoms with E-state index in [1.54, 1.807) is 0 Å². The van der Waals surface area contributed by atoms with E-state index in [1.165, 1.54) is 12.8 Å². The van der Waals surface area contributed by atoms with Gasteiger partial charge >= 0.3 is 0 Å². The molecular weight excluding hydrogens is 190 g/mol. The summed E-state index contributed by atoms with van der Waals surface area (Å²) in [6.07, 6.45) is 6.05. The Kier molecular flexibility index (Phi) is 3.33. The van der Waals surface area contributed by atoms with Crippen molar-refractivity contribution in [1.29, 1.82) is 0 Å². The maximum atomic E-state index is 9.95. The van der Waals surface area contributed by atoms with Gasteiger partial charge in [-0.3, -0.25) is 4.90 Å². The summed E-state index contributed by atoms with van der Waals surface area (Å²) >= 11 is 0. The minimum atomic E-state index is -0.476. The van der Waals surface area contributed by atoms with Crippen molar-refractivity contribution in [2.75, 3.05) is 13.1 Å². The van der Waals surface area contributed by atoms with Crippen molar-refractivity contribution < 1.29 is 10.2 Å². The van der Waals surface area contributed by atoms with Crippen LogP contribution in [0, 0.1) is 0 Å². The Morgan fingerprint density at radius 1 is 1.13 bits per heavy atom. The van der Waals surface area contributed by atoms with Crippen LogP contribution in [-0.4, -0.2) is 45.9 Å². The van der Waals surface area contributed by atoms with E-state index >= 15 is 0 Å². The van der Waals surface area contributed by atoms with Crippen LogP contribution in [0.25, 0.3) is 0 Å². The first kappa shape index (κ1) is 11.4. The van der Waals surface area contributed by atoms with Crippen LogP contribution in [0.5, 0.6) is 0 Å². The lowest BCUT2D eigenvalue weighted by atomic mass is 9.87. The summed E-state index contributed by atoms with van der Waals surface area (Å²) in [7, 11) is 0. The van der Waals surface area contributed by atoms with Crippen LogP contribution in [0.1, 0.15) is 45.4 Å². The molecule has 1 saturated carbocycles. The highest BCUT2D eigenvalue weighted by atomic mass is 16.3. The van der Waals surface area contributed by atoms with E-state index in [-0.39, 0.29) is 6.10 Å². The fourth-order valence-corrected chi connectivity index (χ4v) is 2.86. The molecule has 0 spiro atoms. The summed E-state index contributed by atoms with van der Waals surface area (Å²) in [4.78, 5) is 2.38. The second kappa shape index (κ2) is 4.40. The number of piperidine rings is 1. The molecule has 0 aromatic heterocycles. The summed E-state index contributed by atoms with van der Waals surface area (Å²) in [5, 5.41) is 19.8. The first-order valence-electron chi connectivity index (χ1n) is 6.23. The van der Waals surface area contributed by atoms with Gasteiger partial charge in [-0.1, -0.05) is 12.8 Å². The highest BCUT2D eigenvalue weighted by Gasteiger charge is 2.34. The van der Waals surface area contributed by atoms with Gasteiger partial charge in [0.15, 0.2) is 0 Å². The summed E-state index contributed by atoms with van der Waals surface area (Å²) < 4.78 is 0. The molecule has 2 atom stereocenters. The van der Waals surface area contributed by atoms with E-state index in [0.717, 1.165) is 38.8 Å². The highest BCUT2D eigenvalue weighted by molar-refractivity contribution is 4.89. The number of rotatable bonds is 1. The smallest absolute Gasteiger partial charge is 0.0695 e. The number of aliphatic hydroxyl groups excluding tert-OH is 1. The SMILES string of the molecule is CC1(O)CCN(C2CCCCC2O)CC1. The van der Waals surface area contributed by atoms with Crippen molar-refractivity contribution in [2.45, 2.75) is 63.2 Å². The standard InChI is InChI=1S/C12H23NO2/c1-12(15)6-8-13(9-7-12)10-4-2-3-5-11(10)14/h10-11,14-15H,2-9H2,1H3. The number of hydrogen-bond acceptors (Lipinski definition) is 3. The summed E-state index contributed by atoms with van der Waals surface area (Å²) in [6.45, 7) is 3.80. The van der Waals surface area contributed by atoms with Crippen LogP contribution in [0.4, 0.5) is 0 Å². The average molecular weight is 213 g/mol. The van der Waals surface area contributed by atoms with Gasteiger partial charge in [-0.25, -0.2) is 0 Å². The van der Waals surface area contributed by atoms with E-state index in [9.17, 15) is 10.2 Å². The number of nitrogens with zero attached hydrogens (tertiary/aromatic N) is 1. The molecule has 88 valence electrons. The Morgan fingerprint density at radius 3 is 2.33 bits per heavy atom. The van der Waals surface area contributed by atoms with Crippen molar-refractivity contribution in [1.82, 2.24) is 4.90 Å². The molecule has 1 heterocycles. The third kappa shape index (κ3) is 2.71. The molecule has 3 nitrogen and oxygen atoms in total. The zero-order valence-electron chi connectivity index (χ0n) is 9.65. The van der Waals surface area contributed by atoms with Crippen molar-refractivity contribution in [3.8, 4) is 0 Å². The fourth-order valence-electron chi connectivity index (χ4n) is 2.86. The minimum Gasteiger partial charge on any atom is -0.391 e. The third-order valence-electron chi connectivity index (χ3n) is 4.04. The zero-order valence-corrected chi connectivity index (χ0v) is 9.65. The van der Waals surface area contributed by atoms with Gasteiger partial charge in [0.2, 0.25) is 0 Å². The molecule has 1 aliphatic heterocycles. The predicted molar refractivity (Wildman–Crippen MR) is 59.7 cm³/mol. The van der Waals surface area contributed by atoms with Gasteiger partial charge in [-0.05, 0) is 32.6 Å². The Labute approximate surface area is 92.1 Å². The van der Waals surface area contributed by atoms with Crippen molar-refractivity contribution in [3.63, 3.8) is 0 Å². The van der Waals surface area contributed by atoms with Gasteiger partial charge in [-0.15, -0.1) is 0 Å². The molecule has 2 N–H and O–H groups in total. The van der Waals surface area contributed by atoms with Crippen LogP contribution >= 0.6 is 0 Å². The highest BCUT2D eigenvalue weighted by Crippen LogP contribution is 2.28. The zero-order chi connectivity index (χ0) is 10.9. The molecular formula is C12H23NO2. The van der Waals surface area contributed by atoms with E-state index < -0.39 is 5.60 Å². The molecule has 1 saturated heterocycles. The van der Waals surface area contributed by atoms with E-state index in [0.29, 0.717) is 6.04 Å². The van der Waals surface area contributed by atoms with Gasteiger partial charge in [0.05, 0.1) is 11.7 Å². The average Bonchev–Trinajstić information content (AvgIpc) is 2.19. The molecule has 3 heteroatoms. The van der Waals surface area contributed by atoms with E-state index in [4.69, 9.17) is 0 Å². The van der Waals surface area contributed by atoms with Crippen LogP contribution in [-0.2, 0) is 0 Å². The Bertz CT molecular complexity index is 208. The van der Waals surface area contributed by atoms with Crippen molar-refractivity contribution >= 4 is 0 Å². The second-order valence-corrected chi connectivity index (χ2v) is 5.45. The maximum absolute atomic E-state index is 9.95. The van der Waals surface area contributed by atoms with Crippen LogP contribution in [0.15, 0.2) is 0 Å². The van der Waals surface area contributed by atoms with Crippen molar-refractivity contribution in [2.24, 2.45) is 0 Å². The predicted octanol–water partition coefficient (Wildman–Crippen LogP) is 1.14. The monoisotopic (exact) mass is 213 g/mol. The topological polar surface area (TPSA) is 43.7 Å². The summed E-state index contributed by atoms with van der Waals surface area (Å²) in [5.74, 6) is 0. The lowest BCUT2D eigenvalue weighted by molar-refractivity contribution is -0.0476. The number of hydrogen-bond donors (Lipinski definition) is 2. The molecule has 15 heavy (non-hydrogen) atoms. The minimum absolute atomic E-state index is 0.137. The molecule has 0 aromatic carbocycles. The van der Waals surface area contributed by atoms with Crippen LogP contribution < -0.4 is 0 Å². The largest absolute Gasteiger partial charge is 0.391 e. The third-order valence-corrected chi connectivity index (χ3v) is 4.04. The Balaban J connectivity index is 1.89. The number of likely N-dealkylation sites (tertiary alicyclic amines) is 1. The molecule has 0 aromatic rings. The molecule has 0 bridgehead atoms. The van der Waals surface area contributed by atoms with Gasteiger partial charge in [0.25, 0.3) is 0 Å². The van der Waals surface area contributed by atoms with Gasteiger partial charge < -0.3 is 10.2 Å². The first-order valence-corrected chi connectivity index (χ1v) is 6.23. The molecule has 0 radical (unpaired) electrons. The van der Waals surface area contributed by atoms with Gasteiger partial charge in [0.1, 0.15) is 0 Å². The normalized spacial score (nSPS) is 37.8. The van der Waals surface area contributed by atoms with Gasteiger partial charge in [0, 0.05) is 19.1 Å². The summed E-state index contributed by atoms with van der Waals surface area (Å²) in [6, 6.07) is 0.356. The second-order valence-electron chi connectivity index (χ2n) is 5.45. The molecule has 2 unspecified atom stereocenters. The Hall–Kier alpha value is -0.120. The quantitative estimate of drug-likeness (QED) is 0.686. The summed E-state index contributed by atoms with van der Waals surface area (Å²) in [5.41, 5.74) is -0.476. The lowest BCUT2D eigenvalue weighted by Crippen LogP contribution is -2.51. The number of aliphatic hydroxyl groups is 2. The first-order chi connectivity index (χ1) is 7.08. The maximum Gasteiger partial charge on any atom is 0.0695 e. The molecule has 2 aliphatic rings. The molecule has 0 amide bonds. The van der Waals surface area contributed by atoms with Crippen LogP contribution in [0.2, 0.25) is 0 Å². The van der Waals surface area contributed by atoms with E-state index in [1.807, 2.05) is 6.92 Å². The lowest BCUT2D eigenvalue weighted by Gasteiger charge is -2.43. The van der Waals surface area contributed by atoms with Gasteiger partial charge in [-0.2, -0.15) is 0 Å². The fraction of sp³-hybridized carbons (Fsp3) is 1.00. The molecule has 1 aliphatic carbocycles. The Morgan fingerprint density at radius 2 is 1.73 bits per heavy atom. The van der Waals surface area contributed by atoms with Crippen LogP contribution in [0.3, 0.4) is 0 Å². The van der Waals surface area contributed by atoms with Crippen molar-refractivity contribution in [3.05, 3.63) is 0 Å². The molecule has 2 rings (SSSR count). The molecule has 2 fully saturated rings.